The van der Waals surface area contributed by atoms with Crippen molar-refractivity contribution in [2.24, 2.45) is 11.8 Å². The Hall–Kier alpha value is -1.15. The zero-order chi connectivity index (χ0) is 12.8. The quantitative estimate of drug-likeness (QED) is 0.864. The lowest BCUT2D eigenvalue weighted by molar-refractivity contribution is -0.119. The second kappa shape index (κ2) is 6.69. The fraction of sp³-hybridized carbons (Fsp3) is 0.562. The minimum Gasteiger partial charge on any atom is -0.316 e. The van der Waals surface area contributed by atoms with Gasteiger partial charge in [0.05, 0.1) is 0 Å². The molecule has 1 heterocycles. The molecule has 0 aromatic heterocycles. The van der Waals surface area contributed by atoms with Crippen molar-refractivity contribution in [3.05, 3.63) is 35.9 Å². The molecule has 2 atom stereocenters. The van der Waals surface area contributed by atoms with Crippen LogP contribution in [-0.2, 0) is 11.2 Å². The fourth-order valence-corrected chi connectivity index (χ4v) is 2.79. The smallest absolute Gasteiger partial charge is 0.137 e. The van der Waals surface area contributed by atoms with E-state index in [1.807, 2.05) is 30.3 Å². The summed E-state index contributed by atoms with van der Waals surface area (Å²) < 4.78 is 0. The second-order valence-corrected chi connectivity index (χ2v) is 5.49. The van der Waals surface area contributed by atoms with E-state index in [9.17, 15) is 4.79 Å². The summed E-state index contributed by atoms with van der Waals surface area (Å²) in [5, 5.41) is 3.43. The van der Waals surface area contributed by atoms with Gasteiger partial charge in [0, 0.05) is 12.8 Å². The molecule has 1 aromatic carbocycles. The van der Waals surface area contributed by atoms with E-state index >= 15 is 0 Å². The predicted octanol–water partition coefficient (Wildman–Crippen LogP) is 2.82. The van der Waals surface area contributed by atoms with E-state index < -0.39 is 0 Å². The molecular weight excluding hydrogens is 222 g/mol. The molecule has 1 aliphatic heterocycles. The highest BCUT2D eigenvalue weighted by Gasteiger charge is 2.21. The molecule has 1 N–H and O–H groups in total. The maximum Gasteiger partial charge on any atom is 0.137 e. The van der Waals surface area contributed by atoms with Gasteiger partial charge in [0.1, 0.15) is 5.78 Å². The number of nitrogens with one attached hydrogen (secondary N) is 1. The van der Waals surface area contributed by atoms with E-state index in [1.165, 1.54) is 12.8 Å². The number of rotatable bonds is 5. The lowest BCUT2D eigenvalue weighted by Crippen LogP contribution is -2.34. The molecule has 0 spiro atoms. The van der Waals surface area contributed by atoms with Crippen molar-refractivity contribution >= 4 is 5.78 Å². The molecule has 1 saturated heterocycles. The van der Waals surface area contributed by atoms with Crippen molar-refractivity contribution in [1.29, 1.82) is 0 Å². The average molecular weight is 245 g/mol. The summed E-state index contributed by atoms with van der Waals surface area (Å²) in [6.07, 6.45) is 3.83. The molecular formula is C16H23NO. The van der Waals surface area contributed by atoms with Crippen molar-refractivity contribution in [2.45, 2.75) is 32.6 Å². The number of piperidine rings is 1. The van der Waals surface area contributed by atoms with Gasteiger partial charge in [-0.2, -0.15) is 0 Å². The van der Waals surface area contributed by atoms with Gasteiger partial charge in [0.15, 0.2) is 0 Å². The van der Waals surface area contributed by atoms with E-state index in [-0.39, 0.29) is 0 Å². The lowest BCUT2D eigenvalue weighted by Gasteiger charge is -2.28. The van der Waals surface area contributed by atoms with Gasteiger partial charge < -0.3 is 5.32 Å². The maximum absolute atomic E-state index is 12.0. The van der Waals surface area contributed by atoms with Crippen LogP contribution in [0.4, 0.5) is 0 Å². The third-order valence-corrected chi connectivity index (χ3v) is 3.93. The summed E-state index contributed by atoms with van der Waals surface area (Å²) in [5.74, 6) is 1.56. The standard InChI is InChI=1S/C16H23NO/c1-13(15-8-5-9-17-12-15)10-16(18)11-14-6-3-2-4-7-14/h2-4,6-7,13,15,17H,5,8-12H2,1H3. The minimum atomic E-state index is 0.374. The van der Waals surface area contributed by atoms with Crippen LogP contribution in [0.25, 0.3) is 0 Å². The normalized spacial score (nSPS) is 21.5. The SMILES string of the molecule is CC(CC(=O)Cc1ccccc1)C1CCCNC1. The van der Waals surface area contributed by atoms with Crippen LogP contribution in [0.2, 0.25) is 0 Å². The van der Waals surface area contributed by atoms with Gasteiger partial charge in [-0.25, -0.2) is 0 Å². The topological polar surface area (TPSA) is 29.1 Å². The summed E-state index contributed by atoms with van der Waals surface area (Å²) in [6, 6.07) is 10.0. The van der Waals surface area contributed by atoms with E-state index in [0.29, 0.717) is 24.0 Å². The highest BCUT2D eigenvalue weighted by Crippen LogP contribution is 2.23. The molecule has 0 aliphatic carbocycles. The number of carbonyl (C=O) groups is 1. The molecule has 0 saturated carbocycles. The second-order valence-electron chi connectivity index (χ2n) is 5.49. The Morgan fingerprint density at radius 3 is 2.83 bits per heavy atom. The maximum atomic E-state index is 12.0. The van der Waals surface area contributed by atoms with Crippen molar-refractivity contribution in [3.63, 3.8) is 0 Å². The molecule has 2 unspecified atom stereocenters. The van der Waals surface area contributed by atoms with Crippen LogP contribution in [0.1, 0.15) is 31.7 Å². The first kappa shape index (κ1) is 13.3. The summed E-state index contributed by atoms with van der Waals surface area (Å²) in [6.45, 7) is 4.45. The Balaban J connectivity index is 1.79. The summed E-state index contributed by atoms with van der Waals surface area (Å²) in [4.78, 5) is 12.0. The molecule has 0 bridgehead atoms. The zero-order valence-corrected chi connectivity index (χ0v) is 11.2. The van der Waals surface area contributed by atoms with Crippen molar-refractivity contribution in [2.75, 3.05) is 13.1 Å². The Labute approximate surface area is 110 Å². The molecule has 98 valence electrons. The Bertz CT molecular complexity index is 368. The molecule has 2 rings (SSSR count). The van der Waals surface area contributed by atoms with Crippen LogP contribution in [0.5, 0.6) is 0 Å². The van der Waals surface area contributed by atoms with Gasteiger partial charge in [0.2, 0.25) is 0 Å². The molecule has 1 aromatic rings. The summed E-state index contributed by atoms with van der Waals surface area (Å²) >= 11 is 0. The van der Waals surface area contributed by atoms with Crippen LogP contribution in [-0.4, -0.2) is 18.9 Å². The monoisotopic (exact) mass is 245 g/mol. The van der Waals surface area contributed by atoms with E-state index in [0.717, 1.165) is 25.1 Å². The highest BCUT2D eigenvalue weighted by atomic mass is 16.1. The van der Waals surface area contributed by atoms with Crippen LogP contribution in [0.15, 0.2) is 30.3 Å². The zero-order valence-electron chi connectivity index (χ0n) is 11.2. The van der Waals surface area contributed by atoms with Crippen LogP contribution in [0.3, 0.4) is 0 Å². The summed E-state index contributed by atoms with van der Waals surface area (Å²) in [7, 11) is 0. The predicted molar refractivity (Wildman–Crippen MR) is 74.5 cm³/mol. The van der Waals surface area contributed by atoms with Crippen LogP contribution in [0, 0.1) is 11.8 Å². The highest BCUT2D eigenvalue weighted by molar-refractivity contribution is 5.81. The van der Waals surface area contributed by atoms with E-state index in [4.69, 9.17) is 0 Å². The Kier molecular flexibility index (Phi) is 4.94. The molecule has 1 fully saturated rings. The minimum absolute atomic E-state index is 0.374. The van der Waals surface area contributed by atoms with Crippen molar-refractivity contribution in [1.82, 2.24) is 5.32 Å². The van der Waals surface area contributed by atoms with E-state index in [2.05, 4.69) is 12.2 Å². The molecule has 18 heavy (non-hydrogen) atoms. The first-order chi connectivity index (χ1) is 8.75. The van der Waals surface area contributed by atoms with Crippen molar-refractivity contribution in [3.8, 4) is 0 Å². The molecule has 2 heteroatoms. The van der Waals surface area contributed by atoms with Gasteiger partial charge >= 0.3 is 0 Å². The number of hydrogen-bond donors (Lipinski definition) is 1. The van der Waals surface area contributed by atoms with Gasteiger partial charge in [-0.1, -0.05) is 37.3 Å². The fourth-order valence-electron chi connectivity index (χ4n) is 2.79. The summed E-state index contributed by atoms with van der Waals surface area (Å²) in [5.41, 5.74) is 1.14. The Morgan fingerprint density at radius 2 is 2.17 bits per heavy atom. The number of benzene rings is 1. The van der Waals surface area contributed by atoms with Crippen LogP contribution >= 0.6 is 0 Å². The molecule has 0 amide bonds. The number of Topliss-reactive ketones (excluding diaryl/α,β-unsaturated/α-hetero) is 1. The van der Waals surface area contributed by atoms with E-state index in [1.54, 1.807) is 0 Å². The van der Waals surface area contributed by atoms with Gasteiger partial charge in [-0.05, 0) is 43.3 Å². The first-order valence-electron chi connectivity index (χ1n) is 7.02. The molecule has 1 aliphatic rings. The first-order valence-corrected chi connectivity index (χ1v) is 7.02. The average Bonchev–Trinajstić information content (AvgIpc) is 2.40. The third-order valence-electron chi connectivity index (χ3n) is 3.93. The Morgan fingerprint density at radius 1 is 1.39 bits per heavy atom. The van der Waals surface area contributed by atoms with Gasteiger partial charge in [0.25, 0.3) is 0 Å². The lowest BCUT2D eigenvalue weighted by atomic mass is 9.84. The third kappa shape index (κ3) is 3.95. The number of carbonyl (C=O) groups excluding carboxylic acids is 1. The number of hydrogen-bond acceptors (Lipinski definition) is 2. The number of ketones is 1. The van der Waals surface area contributed by atoms with Crippen molar-refractivity contribution < 1.29 is 4.79 Å². The molecule has 0 radical (unpaired) electrons. The largest absolute Gasteiger partial charge is 0.316 e. The molecule has 2 nitrogen and oxygen atoms in total. The van der Waals surface area contributed by atoms with Crippen LogP contribution < -0.4 is 5.32 Å². The van der Waals surface area contributed by atoms with Gasteiger partial charge in [-0.3, -0.25) is 4.79 Å². The van der Waals surface area contributed by atoms with Gasteiger partial charge in [-0.15, -0.1) is 0 Å².